The number of nitrogen functional groups attached to an aromatic ring is 1. The summed E-state index contributed by atoms with van der Waals surface area (Å²) < 4.78 is 13.9. The van der Waals surface area contributed by atoms with Crippen molar-refractivity contribution >= 4 is 5.69 Å². The van der Waals surface area contributed by atoms with Crippen LogP contribution < -0.4 is 11.1 Å². The van der Waals surface area contributed by atoms with E-state index >= 15 is 0 Å². The summed E-state index contributed by atoms with van der Waals surface area (Å²) in [5, 5.41) is 13.8. The van der Waals surface area contributed by atoms with E-state index in [1.54, 1.807) is 0 Å². The average Bonchev–Trinajstić information content (AvgIpc) is 2.54. The van der Waals surface area contributed by atoms with Gasteiger partial charge in [-0.3, -0.25) is 4.90 Å². The number of hydrogen-bond donors (Lipinski definition) is 3. The van der Waals surface area contributed by atoms with Crippen LogP contribution in [0.5, 0.6) is 5.75 Å². The quantitative estimate of drug-likeness (QED) is 0.593. The van der Waals surface area contributed by atoms with E-state index in [-0.39, 0.29) is 23.3 Å². The number of hydrogen-bond acceptors (Lipinski definition) is 4. The minimum absolute atomic E-state index is 0.0653. The van der Waals surface area contributed by atoms with Gasteiger partial charge in [0.05, 0.1) is 5.69 Å². The summed E-state index contributed by atoms with van der Waals surface area (Å²) in [6.07, 6.45) is 6.01. The molecule has 1 aromatic carbocycles. The van der Waals surface area contributed by atoms with Crippen molar-refractivity contribution in [3.63, 3.8) is 0 Å². The first-order chi connectivity index (χ1) is 10.7. The molecule has 0 spiro atoms. The molecule has 5 heteroatoms. The Morgan fingerprint density at radius 1 is 1.18 bits per heavy atom. The molecule has 122 valence electrons. The Morgan fingerprint density at radius 2 is 1.86 bits per heavy atom. The number of nitrogens with one attached hydrogen (secondary N) is 1. The molecule has 1 heterocycles. The van der Waals surface area contributed by atoms with Crippen molar-refractivity contribution in [2.45, 2.75) is 38.1 Å². The fraction of sp³-hybridized carbons (Fsp3) is 0.647. The number of nitrogens with zero attached hydrogens (tertiary/aromatic N) is 1. The number of phenols is 1. The van der Waals surface area contributed by atoms with E-state index in [2.05, 4.69) is 10.2 Å². The summed E-state index contributed by atoms with van der Waals surface area (Å²) in [5.41, 5.74) is 6.61. The third-order valence-electron chi connectivity index (χ3n) is 5.09. The summed E-state index contributed by atoms with van der Waals surface area (Å²) in [6, 6.07) is 2.75. The fourth-order valence-corrected chi connectivity index (χ4v) is 4.03. The molecule has 1 saturated carbocycles. The monoisotopic (exact) mass is 307 g/mol. The molecule has 1 atom stereocenters. The third-order valence-corrected chi connectivity index (χ3v) is 5.09. The number of nitrogens with two attached hydrogens (primary N) is 1. The zero-order valence-electron chi connectivity index (χ0n) is 13.0. The van der Waals surface area contributed by atoms with Crippen molar-refractivity contribution in [3.8, 4) is 5.75 Å². The van der Waals surface area contributed by atoms with Crippen LogP contribution in [0.2, 0.25) is 0 Å². The maximum absolute atomic E-state index is 13.9. The highest BCUT2D eigenvalue weighted by Gasteiger charge is 2.33. The number of aromatic hydroxyl groups is 1. The average molecular weight is 307 g/mol. The van der Waals surface area contributed by atoms with Gasteiger partial charge in [0.1, 0.15) is 11.6 Å². The van der Waals surface area contributed by atoms with E-state index < -0.39 is 0 Å². The molecule has 0 amide bonds. The predicted octanol–water partition coefficient (Wildman–Crippen LogP) is 2.64. The van der Waals surface area contributed by atoms with Crippen molar-refractivity contribution in [3.05, 3.63) is 23.5 Å². The van der Waals surface area contributed by atoms with Crippen LogP contribution in [-0.2, 0) is 0 Å². The van der Waals surface area contributed by atoms with Crippen LogP contribution in [0.25, 0.3) is 0 Å². The Kier molecular flexibility index (Phi) is 4.84. The molecular formula is C17H26FN3O. The third kappa shape index (κ3) is 3.20. The highest BCUT2D eigenvalue weighted by Crippen LogP contribution is 2.43. The van der Waals surface area contributed by atoms with Crippen molar-refractivity contribution in [1.82, 2.24) is 10.2 Å². The summed E-state index contributed by atoms with van der Waals surface area (Å²) in [5.74, 6) is 0.177. The molecule has 0 aromatic heterocycles. The van der Waals surface area contributed by atoms with Gasteiger partial charge in [-0.15, -0.1) is 0 Å². The van der Waals surface area contributed by atoms with Gasteiger partial charge in [-0.1, -0.05) is 19.3 Å². The van der Waals surface area contributed by atoms with Gasteiger partial charge >= 0.3 is 0 Å². The van der Waals surface area contributed by atoms with Gasteiger partial charge in [0.15, 0.2) is 0 Å². The van der Waals surface area contributed by atoms with E-state index in [1.807, 2.05) is 0 Å². The molecule has 1 aromatic rings. The van der Waals surface area contributed by atoms with Gasteiger partial charge in [0, 0.05) is 43.9 Å². The number of anilines is 1. The van der Waals surface area contributed by atoms with Crippen LogP contribution in [0.15, 0.2) is 12.1 Å². The Labute approximate surface area is 131 Å². The minimum Gasteiger partial charge on any atom is -0.505 e. The van der Waals surface area contributed by atoms with E-state index in [9.17, 15) is 9.50 Å². The molecule has 2 fully saturated rings. The van der Waals surface area contributed by atoms with Crippen LogP contribution in [0.4, 0.5) is 10.1 Å². The molecule has 3 rings (SSSR count). The second-order valence-electron chi connectivity index (χ2n) is 6.56. The van der Waals surface area contributed by atoms with Crippen molar-refractivity contribution < 1.29 is 9.50 Å². The first-order valence-electron chi connectivity index (χ1n) is 8.39. The normalized spacial score (nSPS) is 22.6. The largest absolute Gasteiger partial charge is 0.505 e. The Balaban J connectivity index is 1.96. The second kappa shape index (κ2) is 6.84. The number of halogens is 1. The van der Waals surface area contributed by atoms with Crippen LogP contribution in [0.3, 0.4) is 0 Å². The summed E-state index contributed by atoms with van der Waals surface area (Å²) in [7, 11) is 0. The second-order valence-corrected chi connectivity index (χ2v) is 6.56. The van der Waals surface area contributed by atoms with Crippen molar-refractivity contribution in [2.24, 2.45) is 5.92 Å². The summed E-state index contributed by atoms with van der Waals surface area (Å²) >= 11 is 0. The van der Waals surface area contributed by atoms with E-state index in [0.717, 1.165) is 39.0 Å². The van der Waals surface area contributed by atoms with Crippen LogP contribution >= 0.6 is 0 Å². The highest BCUT2D eigenvalue weighted by atomic mass is 19.1. The Morgan fingerprint density at radius 3 is 2.55 bits per heavy atom. The number of phenolic OH excluding ortho intramolecular Hbond substituents is 1. The molecular weight excluding hydrogens is 281 g/mol. The van der Waals surface area contributed by atoms with Gasteiger partial charge in [-0.05, 0) is 24.8 Å². The van der Waals surface area contributed by atoms with Crippen LogP contribution in [0.1, 0.15) is 43.7 Å². The molecule has 0 unspecified atom stereocenters. The van der Waals surface area contributed by atoms with E-state index in [0.29, 0.717) is 11.5 Å². The van der Waals surface area contributed by atoms with Gasteiger partial charge < -0.3 is 16.2 Å². The molecule has 4 N–H and O–H groups in total. The number of piperazine rings is 1. The van der Waals surface area contributed by atoms with Crippen molar-refractivity contribution in [1.29, 1.82) is 0 Å². The minimum atomic E-state index is -0.360. The lowest BCUT2D eigenvalue weighted by molar-refractivity contribution is 0.101. The number of benzene rings is 1. The highest BCUT2D eigenvalue weighted by molar-refractivity contribution is 5.57. The van der Waals surface area contributed by atoms with Gasteiger partial charge in [-0.2, -0.15) is 0 Å². The standard InChI is InChI=1S/C17H26FN3O/c18-13-10-14(17(22)15(19)11-13)16(12-4-2-1-3-5-12)21-8-6-20-7-9-21/h10-12,16,20,22H,1-9,19H2/t16-/m1/s1. The lowest BCUT2D eigenvalue weighted by atomic mass is 9.79. The predicted molar refractivity (Wildman–Crippen MR) is 86.2 cm³/mol. The van der Waals surface area contributed by atoms with Gasteiger partial charge in [0.2, 0.25) is 0 Å². The summed E-state index contributed by atoms with van der Waals surface area (Å²) in [6.45, 7) is 3.73. The Hall–Kier alpha value is -1.33. The van der Waals surface area contributed by atoms with Crippen LogP contribution in [-0.4, -0.2) is 36.2 Å². The molecule has 2 aliphatic rings. The SMILES string of the molecule is Nc1cc(F)cc([C@@H](C2CCCCC2)N2CCNCC2)c1O. The van der Waals surface area contributed by atoms with Gasteiger partial charge in [0.25, 0.3) is 0 Å². The van der Waals surface area contributed by atoms with Crippen LogP contribution in [0, 0.1) is 11.7 Å². The zero-order chi connectivity index (χ0) is 15.5. The molecule has 22 heavy (non-hydrogen) atoms. The maximum atomic E-state index is 13.9. The van der Waals surface area contributed by atoms with Crippen molar-refractivity contribution in [2.75, 3.05) is 31.9 Å². The number of rotatable bonds is 3. The van der Waals surface area contributed by atoms with E-state index in [4.69, 9.17) is 5.73 Å². The lowest BCUT2D eigenvalue weighted by Crippen LogP contribution is -2.47. The molecule has 1 saturated heterocycles. The molecule has 1 aliphatic heterocycles. The Bertz CT molecular complexity index is 493. The first-order valence-corrected chi connectivity index (χ1v) is 8.39. The molecule has 0 bridgehead atoms. The smallest absolute Gasteiger partial charge is 0.143 e. The van der Waals surface area contributed by atoms with Gasteiger partial charge in [-0.25, -0.2) is 4.39 Å². The maximum Gasteiger partial charge on any atom is 0.143 e. The fourth-order valence-electron chi connectivity index (χ4n) is 4.03. The lowest BCUT2D eigenvalue weighted by Gasteiger charge is -2.41. The summed E-state index contributed by atoms with van der Waals surface area (Å²) in [4.78, 5) is 2.39. The molecule has 0 radical (unpaired) electrons. The first kappa shape index (κ1) is 15.6. The zero-order valence-corrected chi connectivity index (χ0v) is 13.0. The topological polar surface area (TPSA) is 61.5 Å². The molecule has 4 nitrogen and oxygen atoms in total. The molecule has 1 aliphatic carbocycles. The van der Waals surface area contributed by atoms with E-state index in [1.165, 1.54) is 31.4 Å².